The van der Waals surface area contributed by atoms with E-state index in [1.54, 1.807) is 48.9 Å². The van der Waals surface area contributed by atoms with E-state index >= 15 is 4.39 Å². The zero-order valence-corrected chi connectivity index (χ0v) is 16.3. The van der Waals surface area contributed by atoms with Gasteiger partial charge in [0.1, 0.15) is 22.7 Å². The van der Waals surface area contributed by atoms with Crippen LogP contribution in [0.3, 0.4) is 0 Å². The van der Waals surface area contributed by atoms with Crippen LogP contribution in [0.1, 0.15) is 0 Å². The number of nitrogens with zero attached hydrogens (tertiary/aromatic N) is 5. The Morgan fingerprint density at radius 3 is 2.53 bits per heavy atom. The van der Waals surface area contributed by atoms with Crippen molar-refractivity contribution in [1.82, 2.24) is 35.1 Å². The van der Waals surface area contributed by atoms with Crippen molar-refractivity contribution in [2.75, 3.05) is 0 Å². The van der Waals surface area contributed by atoms with Gasteiger partial charge in [-0.1, -0.05) is 12.1 Å². The molecule has 1 aromatic carbocycles. The molecule has 6 aromatic rings. The Hall–Kier alpha value is -4.53. The second kappa shape index (κ2) is 7.02. The molecule has 0 aliphatic heterocycles. The highest BCUT2D eigenvalue weighted by molar-refractivity contribution is 5.97. The van der Waals surface area contributed by atoms with Crippen molar-refractivity contribution in [2.45, 2.75) is 0 Å². The fourth-order valence-electron chi connectivity index (χ4n) is 3.75. The third-order valence-corrected chi connectivity index (χ3v) is 5.20. The van der Waals surface area contributed by atoms with E-state index in [0.717, 1.165) is 0 Å². The monoisotopic (exact) mass is 425 g/mol. The van der Waals surface area contributed by atoms with Crippen LogP contribution in [0.25, 0.3) is 56.0 Å². The normalized spacial score (nSPS) is 11.4. The lowest BCUT2D eigenvalue weighted by atomic mass is 10.1. The molecular weight excluding hydrogens is 412 g/mol. The van der Waals surface area contributed by atoms with E-state index in [-0.39, 0.29) is 16.9 Å². The number of imidazole rings is 1. The number of hydrogen-bond acceptors (Lipinski definition) is 5. The highest BCUT2D eigenvalue weighted by Crippen LogP contribution is 2.33. The summed E-state index contributed by atoms with van der Waals surface area (Å²) in [6.07, 6.45) is 6.30. The number of benzene rings is 1. The van der Waals surface area contributed by atoms with Gasteiger partial charge >= 0.3 is 0 Å². The van der Waals surface area contributed by atoms with E-state index < -0.39 is 5.82 Å². The minimum atomic E-state index is -0.525. The van der Waals surface area contributed by atoms with E-state index in [1.807, 2.05) is 0 Å². The number of aromatic amines is 2. The number of pyridine rings is 3. The molecule has 6 rings (SSSR count). The molecule has 0 saturated carbocycles. The maximum absolute atomic E-state index is 15.5. The predicted molar refractivity (Wildman–Crippen MR) is 115 cm³/mol. The summed E-state index contributed by atoms with van der Waals surface area (Å²) in [5.41, 5.74) is 3.80. The third-order valence-electron chi connectivity index (χ3n) is 5.20. The Kier molecular flexibility index (Phi) is 4.00. The standard InChI is InChI=1S/C23H13F2N7/c24-14-5-1-3-12(9-14)20-21-15(6-8-27-20)29-23(30-21)22-17-16(31-32-22)11-28-19(18(17)25)13-4-2-7-26-10-13/h1-11H,(H,29,30)(H,31,32). The maximum Gasteiger partial charge on any atom is 0.161 e. The van der Waals surface area contributed by atoms with Gasteiger partial charge in [-0.2, -0.15) is 5.10 Å². The molecule has 0 unspecified atom stereocenters. The highest BCUT2D eigenvalue weighted by Gasteiger charge is 2.21. The summed E-state index contributed by atoms with van der Waals surface area (Å²) in [4.78, 5) is 20.5. The van der Waals surface area contributed by atoms with Crippen LogP contribution in [-0.2, 0) is 0 Å². The second-order valence-corrected chi connectivity index (χ2v) is 7.17. The first kappa shape index (κ1) is 18.3. The minimum Gasteiger partial charge on any atom is -0.336 e. The largest absolute Gasteiger partial charge is 0.336 e. The minimum absolute atomic E-state index is 0.173. The molecule has 0 radical (unpaired) electrons. The summed E-state index contributed by atoms with van der Waals surface area (Å²) >= 11 is 0. The van der Waals surface area contributed by atoms with E-state index in [9.17, 15) is 4.39 Å². The summed E-state index contributed by atoms with van der Waals surface area (Å²) in [6, 6.07) is 11.3. The fourth-order valence-corrected chi connectivity index (χ4v) is 3.75. The van der Waals surface area contributed by atoms with E-state index in [1.165, 1.54) is 18.3 Å². The van der Waals surface area contributed by atoms with Gasteiger partial charge in [-0.15, -0.1) is 0 Å². The molecule has 0 spiro atoms. The van der Waals surface area contributed by atoms with Gasteiger partial charge in [0.25, 0.3) is 0 Å². The van der Waals surface area contributed by atoms with Crippen molar-refractivity contribution < 1.29 is 8.78 Å². The third kappa shape index (κ3) is 2.83. The Balaban J connectivity index is 1.55. The van der Waals surface area contributed by atoms with Gasteiger partial charge < -0.3 is 4.98 Å². The lowest BCUT2D eigenvalue weighted by molar-refractivity contribution is 0.628. The molecule has 5 heterocycles. The Morgan fingerprint density at radius 1 is 0.781 bits per heavy atom. The number of H-pyrrole nitrogens is 2. The zero-order chi connectivity index (χ0) is 21.7. The molecule has 154 valence electrons. The first-order valence-corrected chi connectivity index (χ1v) is 9.73. The Morgan fingerprint density at radius 2 is 1.69 bits per heavy atom. The summed E-state index contributed by atoms with van der Waals surface area (Å²) < 4.78 is 29.3. The van der Waals surface area contributed by atoms with Gasteiger partial charge in [0.05, 0.1) is 28.3 Å². The number of rotatable bonds is 3. The van der Waals surface area contributed by atoms with Gasteiger partial charge in [-0.05, 0) is 30.3 Å². The molecule has 0 saturated heterocycles. The van der Waals surface area contributed by atoms with Crippen molar-refractivity contribution >= 4 is 21.9 Å². The van der Waals surface area contributed by atoms with Crippen LogP contribution in [0.15, 0.2) is 67.3 Å². The molecule has 0 bridgehead atoms. The first-order chi connectivity index (χ1) is 15.7. The fraction of sp³-hybridized carbons (Fsp3) is 0. The van der Waals surface area contributed by atoms with E-state index in [2.05, 4.69) is 35.1 Å². The van der Waals surface area contributed by atoms with Gasteiger partial charge in [0.2, 0.25) is 0 Å². The Bertz CT molecular complexity index is 1610. The number of fused-ring (bicyclic) bond motifs is 2. The van der Waals surface area contributed by atoms with Crippen molar-refractivity contribution in [1.29, 1.82) is 0 Å². The van der Waals surface area contributed by atoms with Crippen LogP contribution in [0.5, 0.6) is 0 Å². The number of aromatic nitrogens is 7. The molecule has 9 heteroatoms. The average Bonchev–Trinajstić information content (AvgIpc) is 3.44. The molecular formula is C23H13F2N7. The van der Waals surface area contributed by atoms with E-state index in [0.29, 0.717) is 44.9 Å². The summed E-state index contributed by atoms with van der Waals surface area (Å²) in [7, 11) is 0. The van der Waals surface area contributed by atoms with Crippen LogP contribution in [0.2, 0.25) is 0 Å². The van der Waals surface area contributed by atoms with Crippen LogP contribution in [-0.4, -0.2) is 35.1 Å². The number of halogens is 2. The van der Waals surface area contributed by atoms with Crippen molar-refractivity contribution in [3.8, 4) is 34.0 Å². The van der Waals surface area contributed by atoms with Gasteiger partial charge in [0, 0.05) is 29.7 Å². The van der Waals surface area contributed by atoms with Gasteiger partial charge in [0.15, 0.2) is 11.6 Å². The molecule has 0 amide bonds. The van der Waals surface area contributed by atoms with Crippen molar-refractivity contribution in [3.63, 3.8) is 0 Å². The smallest absolute Gasteiger partial charge is 0.161 e. The topological polar surface area (TPSA) is 96.0 Å². The molecule has 0 fully saturated rings. The number of nitrogens with one attached hydrogen (secondary N) is 2. The number of hydrogen-bond donors (Lipinski definition) is 2. The van der Waals surface area contributed by atoms with Crippen LogP contribution in [0, 0.1) is 11.6 Å². The lowest BCUT2D eigenvalue weighted by Crippen LogP contribution is -1.92. The van der Waals surface area contributed by atoms with Crippen LogP contribution < -0.4 is 0 Å². The van der Waals surface area contributed by atoms with Crippen molar-refractivity contribution in [3.05, 3.63) is 78.9 Å². The SMILES string of the molecule is Fc1cccc(-c2nccc3[nH]c(-c4n[nH]c5cnc(-c6cccnc6)c(F)c45)nc23)c1. The van der Waals surface area contributed by atoms with Gasteiger partial charge in [-0.25, -0.2) is 13.8 Å². The predicted octanol–water partition coefficient (Wildman–Crippen LogP) is 4.90. The molecule has 0 atom stereocenters. The second-order valence-electron chi connectivity index (χ2n) is 7.17. The van der Waals surface area contributed by atoms with E-state index in [4.69, 9.17) is 0 Å². The summed E-state index contributed by atoms with van der Waals surface area (Å²) in [5.74, 6) is -0.532. The molecule has 0 aliphatic carbocycles. The molecule has 32 heavy (non-hydrogen) atoms. The molecule has 5 aromatic heterocycles. The Labute approximate surface area is 179 Å². The molecule has 7 nitrogen and oxygen atoms in total. The lowest BCUT2D eigenvalue weighted by Gasteiger charge is -2.03. The molecule has 0 aliphatic rings. The summed E-state index contributed by atoms with van der Waals surface area (Å²) in [6.45, 7) is 0. The average molecular weight is 425 g/mol. The first-order valence-electron chi connectivity index (χ1n) is 9.73. The highest BCUT2D eigenvalue weighted by atomic mass is 19.1. The maximum atomic E-state index is 15.5. The van der Waals surface area contributed by atoms with Gasteiger partial charge in [-0.3, -0.25) is 20.1 Å². The zero-order valence-electron chi connectivity index (χ0n) is 16.3. The van der Waals surface area contributed by atoms with Crippen LogP contribution >= 0.6 is 0 Å². The summed E-state index contributed by atoms with van der Waals surface area (Å²) in [5, 5.41) is 7.35. The quantitative estimate of drug-likeness (QED) is 0.420. The van der Waals surface area contributed by atoms with Crippen molar-refractivity contribution in [2.24, 2.45) is 0 Å². The molecule has 2 N–H and O–H groups in total. The van der Waals surface area contributed by atoms with Crippen LogP contribution in [0.4, 0.5) is 8.78 Å².